The molecule has 1 aliphatic heterocycles. The van der Waals surface area contributed by atoms with Gasteiger partial charge in [-0.3, -0.25) is 24.1 Å². The first-order chi connectivity index (χ1) is 16.8. The number of pyridine rings is 1. The molecule has 0 bridgehead atoms. The number of fused-ring (bicyclic) bond motifs is 1. The Morgan fingerprint density at radius 3 is 2.40 bits per heavy atom. The van der Waals surface area contributed by atoms with E-state index in [1.54, 1.807) is 6.92 Å². The Bertz CT molecular complexity index is 984. The molecule has 35 heavy (non-hydrogen) atoms. The van der Waals surface area contributed by atoms with Crippen molar-refractivity contribution in [2.75, 3.05) is 13.1 Å². The van der Waals surface area contributed by atoms with Crippen LogP contribution in [0.2, 0.25) is 0 Å². The van der Waals surface area contributed by atoms with E-state index in [-0.39, 0.29) is 30.8 Å². The van der Waals surface area contributed by atoms with Crippen molar-refractivity contribution in [2.45, 2.75) is 64.6 Å². The number of aromatic nitrogens is 2. The molecule has 192 valence electrons. The van der Waals surface area contributed by atoms with Gasteiger partial charge in [0, 0.05) is 44.7 Å². The monoisotopic (exact) mass is 489 g/mol. The summed E-state index contributed by atoms with van der Waals surface area (Å²) < 4.78 is 2.04. The van der Waals surface area contributed by atoms with E-state index < -0.39 is 0 Å². The fourth-order valence-corrected chi connectivity index (χ4v) is 4.42. The summed E-state index contributed by atoms with van der Waals surface area (Å²) in [5.74, 6) is 0.860. The molecule has 2 aliphatic rings. The molecule has 0 spiro atoms. The third kappa shape index (κ3) is 8.67. The number of nitrogens with one attached hydrogen (secondary N) is 2. The molecule has 2 fully saturated rings. The highest BCUT2D eigenvalue weighted by Gasteiger charge is 2.37. The van der Waals surface area contributed by atoms with E-state index in [2.05, 4.69) is 20.5 Å². The van der Waals surface area contributed by atoms with E-state index in [0.717, 1.165) is 42.2 Å². The number of aryl methyl sites for hydroxylation is 1. The van der Waals surface area contributed by atoms with Gasteiger partial charge in [0.2, 0.25) is 11.8 Å². The van der Waals surface area contributed by atoms with Crippen LogP contribution in [-0.2, 0) is 25.7 Å². The molecule has 0 aromatic carbocycles. The number of amides is 2. The minimum Gasteiger partial charge on any atom is -0.483 e. The minimum absolute atomic E-state index is 0.0147. The van der Waals surface area contributed by atoms with Crippen LogP contribution < -0.4 is 10.6 Å². The molecule has 0 unspecified atom stereocenters. The highest BCUT2D eigenvalue weighted by atomic mass is 16.3. The molecular formula is C24H35N5O6. The molecular weight excluding hydrogens is 454 g/mol. The summed E-state index contributed by atoms with van der Waals surface area (Å²) in [7, 11) is 0. The van der Waals surface area contributed by atoms with Crippen LogP contribution in [-0.4, -0.2) is 74.4 Å². The number of hydrogen-bond donors (Lipinski definition) is 4. The first kappa shape index (κ1) is 27.8. The van der Waals surface area contributed by atoms with Crippen molar-refractivity contribution >= 4 is 30.4 Å². The quantitative estimate of drug-likeness (QED) is 0.406. The van der Waals surface area contributed by atoms with Crippen molar-refractivity contribution < 1.29 is 29.4 Å². The molecule has 1 saturated carbocycles. The van der Waals surface area contributed by atoms with Gasteiger partial charge in [-0.1, -0.05) is 6.07 Å². The Hall–Kier alpha value is -3.47. The third-order valence-electron chi connectivity index (χ3n) is 6.22. The Kier molecular flexibility index (Phi) is 11.1. The first-order valence-corrected chi connectivity index (χ1v) is 11.7. The van der Waals surface area contributed by atoms with Crippen LogP contribution in [0.4, 0.5) is 0 Å². The number of carbonyl (C=O) groups excluding carboxylic acids is 2. The molecule has 3 heterocycles. The van der Waals surface area contributed by atoms with Crippen molar-refractivity contribution in [3.63, 3.8) is 0 Å². The number of nitrogens with zero attached hydrogens (tertiary/aromatic N) is 3. The molecule has 4 rings (SSSR count). The molecule has 2 aromatic heterocycles. The standard InChI is InChI=1S/C22H31N5O2.2CH2O2/c1-15-4-3-9-26-20(13-25-22(15)26)12-24-21(29)10-18-7-8-19(11-23-16(2)28)27(18)14-17-5-6-17;2*2-1-3/h3-4,9,13,17-19H,5-8,10-12,14H2,1-2H3,(H,23,28)(H,24,29);2*1H,(H,2,3)/t18-,19+;;/m0../s1. The molecule has 1 aliphatic carbocycles. The second-order valence-corrected chi connectivity index (χ2v) is 8.79. The Morgan fingerprint density at radius 2 is 1.77 bits per heavy atom. The maximum Gasteiger partial charge on any atom is 0.290 e. The predicted octanol–water partition coefficient (Wildman–Crippen LogP) is 1.43. The number of rotatable bonds is 8. The zero-order chi connectivity index (χ0) is 25.8. The lowest BCUT2D eigenvalue weighted by molar-refractivity contribution is -0.123. The van der Waals surface area contributed by atoms with Crippen LogP contribution >= 0.6 is 0 Å². The number of hydrogen-bond acceptors (Lipinski definition) is 6. The van der Waals surface area contributed by atoms with Gasteiger partial charge < -0.3 is 25.2 Å². The van der Waals surface area contributed by atoms with E-state index in [4.69, 9.17) is 19.8 Å². The second kappa shape index (κ2) is 14.1. The van der Waals surface area contributed by atoms with Crippen LogP contribution in [0.1, 0.15) is 50.3 Å². The van der Waals surface area contributed by atoms with Gasteiger partial charge in [-0.2, -0.15) is 0 Å². The zero-order valence-corrected chi connectivity index (χ0v) is 20.2. The van der Waals surface area contributed by atoms with Gasteiger partial charge in [0.15, 0.2) is 0 Å². The molecule has 2 amide bonds. The van der Waals surface area contributed by atoms with Gasteiger partial charge in [0.1, 0.15) is 5.65 Å². The topological polar surface area (TPSA) is 153 Å². The van der Waals surface area contributed by atoms with Gasteiger partial charge in [0.05, 0.1) is 18.4 Å². The summed E-state index contributed by atoms with van der Waals surface area (Å²) in [5, 5.41) is 19.8. The molecule has 1 saturated heterocycles. The van der Waals surface area contributed by atoms with Crippen molar-refractivity contribution in [3.05, 3.63) is 35.8 Å². The first-order valence-electron chi connectivity index (χ1n) is 11.7. The van der Waals surface area contributed by atoms with Crippen LogP contribution in [0.3, 0.4) is 0 Å². The minimum atomic E-state index is -0.250. The number of likely N-dealkylation sites (tertiary alicyclic amines) is 1. The van der Waals surface area contributed by atoms with Gasteiger partial charge in [-0.05, 0) is 50.2 Å². The highest BCUT2D eigenvalue weighted by molar-refractivity contribution is 5.76. The molecule has 4 N–H and O–H groups in total. The van der Waals surface area contributed by atoms with Crippen LogP contribution in [0, 0.1) is 12.8 Å². The van der Waals surface area contributed by atoms with Gasteiger partial charge in [0.25, 0.3) is 12.9 Å². The summed E-state index contributed by atoms with van der Waals surface area (Å²) in [4.78, 5) is 47.7. The average molecular weight is 490 g/mol. The number of carbonyl (C=O) groups is 4. The SMILES string of the molecule is CC(=O)NC[C@H]1CC[C@@H](CC(=O)NCc2cnc3c(C)cccn23)N1CC1CC1.O=CO.O=CO. The van der Waals surface area contributed by atoms with Gasteiger partial charge in [-0.25, -0.2) is 4.98 Å². The summed E-state index contributed by atoms with van der Waals surface area (Å²) in [6.45, 7) is 5.31. The Balaban J connectivity index is 0.000000655. The lowest BCUT2D eigenvalue weighted by atomic mass is 10.1. The van der Waals surface area contributed by atoms with Crippen molar-refractivity contribution in [1.82, 2.24) is 24.9 Å². The summed E-state index contributed by atoms with van der Waals surface area (Å²) in [5.41, 5.74) is 3.04. The van der Waals surface area contributed by atoms with E-state index in [0.29, 0.717) is 25.6 Å². The van der Waals surface area contributed by atoms with Crippen LogP contribution in [0.5, 0.6) is 0 Å². The molecule has 11 heteroatoms. The van der Waals surface area contributed by atoms with Gasteiger partial charge in [-0.15, -0.1) is 0 Å². The highest BCUT2D eigenvalue weighted by Crippen LogP contribution is 2.35. The lowest BCUT2D eigenvalue weighted by Gasteiger charge is -2.30. The van der Waals surface area contributed by atoms with Crippen molar-refractivity contribution in [1.29, 1.82) is 0 Å². The predicted molar refractivity (Wildman–Crippen MR) is 129 cm³/mol. The van der Waals surface area contributed by atoms with E-state index in [9.17, 15) is 9.59 Å². The maximum absolute atomic E-state index is 12.7. The smallest absolute Gasteiger partial charge is 0.290 e. The zero-order valence-electron chi connectivity index (χ0n) is 20.2. The van der Waals surface area contributed by atoms with E-state index in [1.165, 1.54) is 12.8 Å². The third-order valence-corrected chi connectivity index (χ3v) is 6.22. The maximum atomic E-state index is 12.7. The van der Waals surface area contributed by atoms with E-state index >= 15 is 0 Å². The van der Waals surface area contributed by atoms with Crippen LogP contribution in [0.25, 0.3) is 5.65 Å². The van der Waals surface area contributed by atoms with Crippen LogP contribution in [0.15, 0.2) is 24.5 Å². The molecule has 2 aromatic rings. The number of carboxylic acid groups (broad SMARTS) is 2. The summed E-state index contributed by atoms with van der Waals surface area (Å²) in [6.07, 6.45) is 8.96. The fraction of sp³-hybridized carbons (Fsp3) is 0.542. The van der Waals surface area contributed by atoms with Gasteiger partial charge >= 0.3 is 0 Å². The van der Waals surface area contributed by atoms with Crippen molar-refractivity contribution in [2.24, 2.45) is 5.92 Å². The van der Waals surface area contributed by atoms with E-state index in [1.807, 2.05) is 35.9 Å². The lowest BCUT2D eigenvalue weighted by Crippen LogP contribution is -2.45. The normalized spacial score (nSPS) is 19.0. The molecule has 0 radical (unpaired) electrons. The summed E-state index contributed by atoms with van der Waals surface area (Å²) in [6, 6.07) is 4.65. The largest absolute Gasteiger partial charge is 0.483 e. The fourth-order valence-electron chi connectivity index (χ4n) is 4.42. The average Bonchev–Trinajstić information content (AvgIpc) is 3.41. The Labute approximate surface area is 204 Å². The Morgan fingerprint density at radius 1 is 1.11 bits per heavy atom. The second-order valence-electron chi connectivity index (χ2n) is 8.79. The number of imidazole rings is 1. The van der Waals surface area contributed by atoms with Crippen molar-refractivity contribution in [3.8, 4) is 0 Å². The molecule has 2 atom stereocenters. The summed E-state index contributed by atoms with van der Waals surface area (Å²) >= 11 is 0. The molecule has 11 nitrogen and oxygen atoms in total.